The largest absolute Gasteiger partial charge is 0.342 e. The van der Waals surface area contributed by atoms with Crippen molar-refractivity contribution in [3.8, 4) is 0 Å². The first-order valence-electron chi connectivity index (χ1n) is 11.3. The summed E-state index contributed by atoms with van der Waals surface area (Å²) in [4.78, 5) is 43.0. The van der Waals surface area contributed by atoms with Crippen molar-refractivity contribution in [3.05, 3.63) is 76.7 Å². The third-order valence-electron chi connectivity index (χ3n) is 6.82. The van der Waals surface area contributed by atoms with Gasteiger partial charge < -0.3 is 0 Å². The number of carbonyl (C=O) groups is 3. The lowest BCUT2D eigenvalue weighted by Crippen LogP contribution is -2.56. The third-order valence-corrected chi connectivity index (χ3v) is 6.82. The minimum absolute atomic E-state index is 0.176. The normalized spacial score (nSPS) is 18.9. The molecule has 3 aliphatic rings. The lowest BCUT2D eigenvalue weighted by atomic mass is 9.88. The maximum atomic E-state index is 13.5. The minimum atomic E-state index is -0.560. The molecule has 0 unspecified atom stereocenters. The molecule has 2 fully saturated rings. The summed E-state index contributed by atoms with van der Waals surface area (Å²) in [5, 5.41) is 5.98. The molecular formula is C25H22FN5O3. The molecule has 4 amide bonds. The fraction of sp³-hybridized carbons (Fsp3) is 0.280. The van der Waals surface area contributed by atoms with Crippen LogP contribution in [0.15, 0.2) is 48.7 Å². The van der Waals surface area contributed by atoms with Crippen LogP contribution in [0.4, 0.5) is 9.18 Å². The van der Waals surface area contributed by atoms with E-state index in [0.717, 1.165) is 36.1 Å². The minimum Gasteiger partial charge on any atom is -0.298 e. The number of pyridine rings is 1. The van der Waals surface area contributed by atoms with Crippen molar-refractivity contribution < 1.29 is 18.8 Å². The maximum absolute atomic E-state index is 13.5. The van der Waals surface area contributed by atoms with E-state index in [4.69, 9.17) is 0 Å². The highest BCUT2D eigenvalue weighted by Crippen LogP contribution is 2.33. The summed E-state index contributed by atoms with van der Waals surface area (Å²) in [7, 11) is 0. The summed E-state index contributed by atoms with van der Waals surface area (Å²) in [6.45, 7) is 3.05. The summed E-state index contributed by atoms with van der Waals surface area (Å²) < 4.78 is 13.5. The van der Waals surface area contributed by atoms with Crippen LogP contribution >= 0.6 is 0 Å². The Balaban J connectivity index is 1.13. The highest BCUT2D eigenvalue weighted by molar-refractivity contribution is 6.01. The van der Waals surface area contributed by atoms with E-state index in [0.29, 0.717) is 23.5 Å². The average Bonchev–Trinajstić information content (AvgIpc) is 3.11. The molecule has 0 bridgehead atoms. The fourth-order valence-electron chi connectivity index (χ4n) is 5.09. The van der Waals surface area contributed by atoms with Crippen LogP contribution in [0, 0.1) is 5.82 Å². The Labute approximate surface area is 194 Å². The monoisotopic (exact) mass is 459 g/mol. The summed E-state index contributed by atoms with van der Waals surface area (Å²) in [5.41, 5.74) is 4.44. The van der Waals surface area contributed by atoms with Gasteiger partial charge in [-0.2, -0.15) is 0 Å². The van der Waals surface area contributed by atoms with Gasteiger partial charge in [0.25, 0.3) is 5.91 Å². The van der Waals surface area contributed by atoms with Gasteiger partial charge in [-0.25, -0.2) is 19.2 Å². The van der Waals surface area contributed by atoms with Crippen molar-refractivity contribution in [1.29, 1.82) is 0 Å². The van der Waals surface area contributed by atoms with Crippen LogP contribution in [0.1, 0.15) is 39.4 Å². The molecule has 3 aromatic rings. The third kappa shape index (κ3) is 3.49. The molecule has 3 aliphatic heterocycles. The van der Waals surface area contributed by atoms with Crippen molar-refractivity contribution in [2.24, 2.45) is 0 Å². The number of nitrogens with one attached hydrogen (secondary N) is 1. The Kier molecular flexibility index (Phi) is 4.80. The van der Waals surface area contributed by atoms with Crippen molar-refractivity contribution >= 4 is 28.7 Å². The number of rotatable bonds is 4. The number of hydrogen-bond donors (Lipinski definition) is 1. The summed E-state index contributed by atoms with van der Waals surface area (Å²) in [5.74, 6) is -0.471. The van der Waals surface area contributed by atoms with Gasteiger partial charge in [0.05, 0.1) is 18.6 Å². The van der Waals surface area contributed by atoms with Crippen LogP contribution in [-0.2, 0) is 17.9 Å². The van der Waals surface area contributed by atoms with E-state index in [2.05, 4.69) is 15.2 Å². The molecule has 0 radical (unpaired) electrons. The van der Waals surface area contributed by atoms with Crippen LogP contribution in [0.5, 0.6) is 0 Å². The molecule has 6 rings (SSSR count). The van der Waals surface area contributed by atoms with Crippen molar-refractivity contribution in [2.75, 3.05) is 19.6 Å². The number of urea groups is 1. The highest BCUT2D eigenvalue weighted by atomic mass is 19.1. The Morgan fingerprint density at radius 3 is 2.71 bits per heavy atom. The zero-order chi connectivity index (χ0) is 23.4. The van der Waals surface area contributed by atoms with Gasteiger partial charge in [0.2, 0.25) is 5.91 Å². The number of amides is 4. The zero-order valence-corrected chi connectivity index (χ0v) is 18.3. The Bertz CT molecular complexity index is 1350. The van der Waals surface area contributed by atoms with Crippen molar-refractivity contribution in [3.63, 3.8) is 0 Å². The first-order chi connectivity index (χ1) is 16.5. The van der Waals surface area contributed by atoms with Crippen LogP contribution in [0.3, 0.4) is 0 Å². The molecule has 1 aromatic heterocycles. The summed E-state index contributed by atoms with van der Waals surface area (Å²) in [6, 6.07) is 12.0. The molecule has 0 spiro atoms. The topological polar surface area (TPSA) is 85.9 Å². The Morgan fingerprint density at radius 1 is 1.03 bits per heavy atom. The van der Waals surface area contributed by atoms with Gasteiger partial charge in [-0.15, -0.1) is 0 Å². The second-order valence-electron chi connectivity index (χ2n) is 9.03. The number of benzene rings is 2. The van der Waals surface area contributed by atoms with Crippen LogP contribution in [-0.4, -0.2) is 57.4 Å². The summed E-state index contributed by atoms with van der Waals surface area (Å²) >= 11 is 0. The van der Waals surface area contributed by atoms with E-state index in [1.54, 1.807) is 12.3 Å². The smallest absolute Gasteiger partial charge is 0.298 e. The molecule has 0 aliphatic carbocycles. The fourth-order valence-corrected chi connectivity index (χ4v) is 5.09. The van der Waals surface area contributed by atoms with E-state index in [1.807, 2.05) is 24.3 Å². The molecule has 0 saturated carbocycles. The van der Waals surface area contributed by atoms with Gasteiger partial charge in [-0.3, -0.25) is 24.8 Å². The predicted molar refractivity (Wildman–Crippen MR) is 121 cm³/mol. The van der Waals surface area contributed by atoms with Crippen LogP contribution in [0.25, 0.3) is 10.9 Å². The number of imide groups is 1. The zero-order valence-electron chi connectivity index (χ0n) is 18.3. The molecule has 8 nitrogen and oxygen atoms in total. The van der Waals surface area contributed by atoms with E-state index in [9.17, 15) is 18.8 Å². The predicted octanol–water partition coefficient (Wildman–Crippen LogP) is 2.79. The number of hydrazine groups is 1. The molecule has 0 atom stereocenters. The SMILES string of the molecule is O=C1CCN(N2Cc3cc(CN4CC(c5ccnc6cc(F)ccc56)C4)ccc3C2=O)C(=O)N1. The number of likely N-dealkylation sites (tertiary alicyclic amines) is 1. The Hall–Kier alpha value is -3.85. The molecule has 9 heteroatoms. The molecule has 1 N–H and O–H groups in total. The summed E-state index contributed by atoms with van der Waals surface area (Å²) in [6.07, 6.45) is 1.91. The van der Waals surface area contributed by atoms with Gasteiger partial charge in [-0.1, -0.05) is 12.1 Å². The molecule has 2 saturated heterocycles. The standard InChI is InChI=1S/C25H22FN5O3/c26-18-2-4-21-19(5-7-27-22(21)10-18)17-12-29(13-17)11-15-1-3-20-16(9-15)14-31(24(20)33)30-8-6-23(32)28-25(30)34/h1-5,7,9-10,17H,6,8,11-14H2,(H,28,32,34). The highest BCUT2D eigenvalue weighted by Gasteiger charge is 2.37. The second-order valence-corrected chi connectivity index (χ2v) is 9.03. The second kappa shape index (κ2) is 7.88. The van der Waals surface area contributed by atoms with E-state index in [1.165, 1.54) is 27.7 Å². The molecule has 4 heterocycles. The van der Waals surface area contributed by atoms with Gasteiger partial charge in [0.15, 0.2) is 0 Å². The van der Waals surface area contributed by atoms with Crippen LogP contribution < -0.4 is 5.32 Å². The van der Waals surface area contributed by atoms with Gasteiger partial charge in [-0.05, 0) is 41.0 Å². The van der Waals surface area contributed by atoms with Crippen molar-refractivity contribution in [1.82, 2.24) is 25.2 Å². The van der Waals surface area contributed by atoms with E-state index >= 15 is 0 Å². The average molecular weight is 459 g/mol. The molecule has 2 aromatic carbocycles. The molecule has 172 valence electrons. The first-order valence-corrected chi connectivity index (χ1v) is 11.3. The number of aromatic nitrogens is 1. The molecule has 34 heavy (non-hydrogen) atoms. The van der Waals surface area contributed by atoms with Gasteiger partial charge in [0, 0.05) is 55.2 Å². The molecular weight excluding hydrogens is 437 g/mol. The quantitative estimate of drug-likeness (QED) is 0.649. The lowest BCUT2D eigenvalue weighted by Gasteiger charge is -2.40. The number of hydrogen-bond acceptors (Lipinski definition) is 5. The van der Waals surface area contributed by atoms with Gasteiger partial charge >= 0.3 is 6.03 Å². The van der Waals surface area contributed by atoms with Crippen molar-refractivity contribution in [2.45, 2.75) is 25.4 Å². The number of nitrogens with zero attached hydrogens (tertiary/aromatic N) is 4. The first kappa shape index (κ1) is 20.7. The van der Waals surface area contributed by atoms with E-state index in [-0.39, 0.29) is 30.6 Å². The van der Waals surface area contributed by atoms with E-state index < -0.39 is 6.03 Å². The van der Waals surface area contributed by atoms with Gasteiger partial charge in [0.1, 0.15) is 5.82 Å². The number of halogens is 1. The van der Waals surface area contributed by atoms with Crippen LogP contribution in [0.2, 0.25) is 0 Å². The maximum Gasteiger partial charge on any atom is 0.342 e. The Morgan fingerprint density at radius 2 is 1.88 bits per heavy atom. The lowest BCUT2D eigenvalue weighted by molar-refractivity contribution is -0.123. The number of fused-ring (bicyclic) bond motifs is 2. The number of carbonyl (C=O) groups excluding carboxylic acids is 3.